The van der Waals surface area contributed by atoms with E-state index in [2.05, 4.69) is 15.9 Å². The predicted octanol–water partition coefficient (Wildman–Crippen LogP) is -0.811. The van der Waals surface area contributed by atoms with Crippen LogP contribution in [0.5, 0.6) is 0 Å². The van der Waals surface area contributed by atoms with Gasteiger partial charge in [0.1, 0.15) is 6.17 Å². The van der Waals surface area contributed by atoms with E-state index in [-0.39, 0.29) is 24.0 Å². The Morgan fingerprint density at radius 2 is 2.36 bits per heavy atom. The largest absolute Gasteiger partial charge is 0.370 e. The lowest BCUT2D eigenvalue weighted by Gasteiger charge is -2.35. The van der Waals surface area contributed by atoms with E-state index in [1.807, 2.05) is 13.8 Å². The summed E-state index contributed by atoms with van der Waals surface area (Å²) in [5.74, 6) is 0.597. The van der Waals surface area contributed by atoms with Gasteiger partial charge in [-0.1, -0.05) is 13.8 Å². The standard InChI is InChI=1S/C7H16N6O/c1-4(2)5-10-6(8)11-7(9)13(5)12-14-3/h4-5,12H,1-3H3,(H4,8,9,10,11). The first kappa shape index (κ1) is 10.7. The minimum Gasteiger partial charge on any atom is -0.370 e. The quantitative estimate of drug-likeness (QED) is 0.446. The Morgan fingerprint density at radius 1 is 1.71 bits per heavy atom. The Morgan fingerprint density at radius 3 is 2.86 bits per heavy atom. The minimum absolute atomic E-state index is 0.123. The van der Waals surface area contributed by atoms with E-state index in [0.29, 0.717) is 0 Å². The van der Waals surface area contributed by atoms with Gasteiger partial charge >= 0.3 is 0 Å². The van der Waals surface area contributed by atoms with Crippen LogP contribution in [-0.2, 0) is 4.84 Å². The fraction of sp³-hybridized carbons (Fsp3) is 0.714. The number of aliphatic imine (C=N–C) groups is 1. The van der Waals surface area contributed by atoms with Crippen LogP contribution in [0, 0.1) is 11.3 Å². The highest BCUT2D eigenvalue weighted by Crippen LogP contribution is 2.12. The Kier molecular flexibility index (Phi) is 3.26. The summed E-state index contributed by atoms with van der Waals surface area (Å²) >= 11 is 0. The minimum atomic E-state index is -0.233. The van der Waals surface area contributed by atoms with Crippen molar-refractivity contribution in [3.05, 3.63) is 0 Å². The molecular formula is C7H16N6O. The van der Waals surface area contributed by atoms with Crippen LogP contribution in [0.4, 0.5) is 0 Å². The molecule has 0 amide bonds. The van der Waals surface area contributed by atoms with Crippen molar-refractivity contribution in [2.24, 2.45) is 16.6 Å². The maximum Gasteiger partial charge on any atom is 0.216 e. The highest BCUT2D eigenvalue weighted by molar-refractivity contribution is 5.98. The summed E-state index contributed by atoms with van der Waals surface area (Å²) in [6, 6.07) is 0. The van der Waals surface area contributed by atoms with Gasteiger partial charge < -0.3 is 5.73 Å². The molecule has 0 bridgehead atoms. The molecule has 0 aromatic heterocycles. The average Bonchev–Trinajstić information content (AvgIpc) is 2.09. The number of nitrogens with zero attached hydrogens (tertiary/aromatic N) is 2. The molecule has 0 fully saturated rings. The van der Waals surface area contributed by atoms with Crippen LogP contribution in [-0.4, -0.2) is 30.2 Å². The zero-order chi connectivity index (χ0) is 10.7. The van der Waals surface area contributed by atoms with Gasteiger partial charge in [-0.25, -0.2) is 10.0 Å². The summed E-state index contributed by atoms with van der Waals surface area (Å²) < 4.78 is 0. The number of nitrogens with one attached hydrogen (secondary N) is 3. The molecular weight excluding hydrogens is 184 g/mol. The van der Waals surface area contributed by atoms with Gasteiger partial charge in [0.15, 0.2) is 5.96 Å². The lowest BCUT2D eigenvalue weighted by atomic mass is 10.1. The topological polar surface area (TPSA) is 98.8 Å². The molecule has 1 atom stereocenters. The molecule has 1 rings (SSSR count). The van der Waals surface area contributed by atoms with E-state index >= 15 is 0 Å². The SMILES string of the molecule is CONN1C(=N)NC(N)=NC1C(C)C. The van der Waals surface area contributed by atoms with E-state index < -0.39 is 0 Å². The van der Waals surface area contributed by atoms with Gasteiger partial charge in [0, 0.05) is 0 Å². The third-order valence-corrected chi connectivity index (χ3v) is 1.81. The molecule has 1 unspecified atom stereocenters. The number of hydrogen-bond donors (Lipinski definition) is 4. The summed E-state index contributed by atoms with van der Waals surface area (Å²) in [5, 5.41) is 11.7. The van der Waals surface area contributed by atoms with Crippen molar-refractivity contribution in [3.8, 4) is 0 Å². The fourth-order valence-corrected chi connectivity index (χ4v) is 1.19. The van der Waals surface area contributed by atoms with E-state index in [9.17, 15) is 0 Å². The van der Waals surface area contributed by atoms with E-state index in [1.54, 1.807) is 0 Å². The summed E-state index contributed by atoms with van der Waals surface area (Å²) in [6.07, 6.45) is -0.233. The van der Waals surface area contributed by atoms with Crippen molar-refractivity contribution in [1.82, 2.24) is 15.9 Å². The Balaban J connectivity index is 2.84. The first-order valence-corrected chi connectivity index (χ1v) is 4.33. The third kappa shape index (κ3) is 2.12. The number of rotatable bonds is 3. The van der Waals surface area contributed by atoms with Crippen molar-refractivity contribution < 1.29 is 4.84 Å². The van der Waals surface area contributed by atoms with Gasteiger partial charge in [0.2, 0.25) is 5.96 Å². The molecule has 0 aromatic carbocycles. The second kappa shape index (κ2) is 4.25. The van der Waals surface area contributed by atoms with Gasteiger partial charge in [-0.05, 0) is 5.92 Å². The molecule has 7 heteroatoms. The van der Waals surface area contributed by atoms with Crippen LogP contribution in [0.1, 0.15) is 13.8 Å². The monoisotopic (exact) mass is 200 g/mol. The van der Waals surface area contributed by atoms with Crippen LogP contribution in [0.3, 0.4) is 0 Å². The van der Waals surface area contributed by atoms with Crippen molar-refractivity contribution in [3.63, 3.8) is 0 Å². The molecule has 1 aliphatic heterocycles. The number of hydrazine groups is 1. The maximum absolute atomic E-state index is 7.61. The van der Waals surface area contributed by atoms with Gasteiger partial charge in [-0.2, -0.15) is 0 Å². The van der Waals surface area contributed by atoms with Crippen molar-refractivity contribution in [2.75, 3.05) is 7.11 Å². The third-order valence-electron chi connectivity index (χ3n) is 1.81. The molecule has 0 aliphatic carbocycles. The van der Waals surface area contributed by atoms with Crippen molar-refractivity contribution in [1.29, 1.82) is 5.41 Å². The van der Waals surface area contributed by atoms with Gasteiger partial charge in [-0.15, -0.1) is 5.59 Å². The average molecular weight is 200 g/mol. The van der Waals surface area contributed by atoms with Crippen molar-refractivity contribution >= 4 is 11.9 Å². The predicted molar refractivity (Wildman–Crippen MR) is 53.1 cm³/mol. The van der Waals surface area contributed by atoms with Gasteiger partial charge in [0.05, 0.1) is 7.11 Å². The highest BCUT2D eigenvalue weighted by Gasteiger charge is 2.28. The summed E-state index contributed by atoms with van der Waals surface area (Å²) in [7, 11) is 1.48. The number of nitrogens with two attached hydrogens (primary N) is 1. The molecule has 1 aliphatic rings. The van der Waals surface area contributed by atoms with Crippen LogP contribution >= 0.6 is 0 Å². The van der Waals surface area contributed by atoms with E-state index in [0.717, 1.165) is 0 Å². The molecule has 80 valence electrons. The summed E-state index contributed by atoms with van der Waals surface area (Å²) in [4.78, 5) is 8.91. The van der Waals surface area contributed by atoms with Crippen LogP contribution in [0.25, 0.3) is 0 Å². The molecule has 1 heterocycles. The Hall–Kier alpha value is -1.34. The zero-order valence-corrected chi connectivity index (χ0v) is 8.53. The van der Waals surface area contributed by atoms with Crippen LogP contribution < -0.4 is 16.6 Å². The number of guanidine groups is 2. The molecule has 0 spiro atoms. The Labute approximate surface area is 82.7 Å². The Bertz CT molecular complexity index is 251. The summed E-state index contributed by atoms with van der Waals surface area (Å²) in [6.45, 7) is 3.98. The molecule has 14 heavy (non-hydrogen) atoms. The lowest BCUT2D eigenvalue weighted by molar-refractivity contribution is -0.0460. The van der Waals surface area contributed by atoms with Gasteiger partial charge in [-0.3, -0.25) is 15.6 Å². The molecule has 0 saturated carbocycles. The molecule has 0 aromatic rings. The molecule has 0 radical (unpaired) electrons. The lowest BCUT2D eigenvalue weighted by Crippen LogP contribution is -2.61. The highest BCUT2D eigenvalue weighted by atomic mass is 16.7. The van der Waals surface area contributed by atoms with Crippen LogP contribution in [0.15, 0.2) is 4.99 Å². The molecule has 7 nitrogen and oxygen atoms in total. The first-order valence-electron chi connectivity index (χ1n) is 4.33. The normalized spacial score (nSPS) is 22.3. The zero-order valence-electron chi connectivity index (χ0n) is 8.53. The van der Waals surface area contributed by atoms with E-state index in [1.165, 1.54) is 12.1 Å². The first-order chi connectivity index (χ1) is 6.56. The molecule has 0 saturated heterocycles. The smallest absolute Gasteiger partial charge is 0.216 e. The van der Waals surface area contributed by atoms with Crippen molar-refractivity contribution in [2.45, 2.75) is 20.0 Å². The second-order valence-corrected chi connectivity index (χ2v) is 3.31. The van der Waals surface area contributed by atoms with E-state index in [4.69, 9.17) is 16.0 Å². The van der Waals surface area contributed by atoms with Crippen LogP contribution in [0.2, 0.25) is 0 Å². The summed E-state index contributed by atoms with van der Waals surface area (Å²) in [5.41, 5.74) is 8.08. The molecule has 5 N–H and O–H groups in total. The second-order valence-electron chi connectivity index (χ2n) is 3.31. The maximum atomic E-state index is 7.61. The number of hydrogen-bond acceptors (Lipinski definition) is 5. The fourth-order valence-electron chi connectivity index (χ4n) is 1.19. The van der Waals surface area contributed by atoms with Gasteiger partial charge in [0.25, 0.3) is 0 Å².